The highest BCUT2D eigenvalue weighted by atomic mass is 35.5. The summed E-state index contributed by atoms with van der Waals surface area (Å²) in [5, 5.41) is 0.150. The highest BCUT2D eigenvalue weighted by Crippen LogP contribution is 2.20. The van der Waals surface area contributed by atoms with Crippen LogP contribution in [0.3, 0.4) is 0 Å². The Morgan fingerprint density at radius 2 is 2.14 bits per heavy atom. The molecule has 2 N–H and O–H groups in total. The molecule has 0 saturated heterocycles. The SMILES string of the molecule is CC(C)n1cnc2c(N)nc(Cl)nc21. The highest BCUT2D eigenvalue weighted by Gasteiger charge is 2.11. The zero-order chi connectivity index (χ0) is 10.3. The number of halogens is 1. The van der Waals surface area contributed by atoms with Crippen molar-refractivity contribution >= 4 is 28.6 Å². The Kier molecular flexibility index (Phi) is 2.03. The second-order valence-electron chi connectivity index (χ2n) is 3.30. The third-order valence-corrected chi connectivity index (χ3v) is 2.15. The summed E-state index contributed by atoms with van der Waals surface area (Å²) < 4.78 is 1.90. The van der Waals surface area contributed by atoms with Gasteiger partial charge in [-0.15, -0.1) is 0 Å². The number of fused-ring (bicyclic) bond motifs is 1. The van der Waals surface area contributed by atoms with Crippen molar-refractivity contribution in [2.75, 3.05) is 5.73 Å². The Morgan fingerprint density at radius 1 is 1.43 bits per heavy atom. The molecule has 5 nitrogen and oxygen atoms in total. The predicted molar refractivity (Wildman–Crippen MR) is 55.1 cm³/mol. The molecule has 6 heteroatoms. The number of nitrogens with zero attached hydrogens (tertiary/aromatic N) is 4. The van der Waals surface area contributed by atoms with Gasteiger partial charge in [-0.1, -0.05) is 0 Å². The number of anilines is 1. The maximum atomic E-state index is 5.71. The standard InChI is InChI=1S/C8H10ClN5/c1-4(2)14-3-11-5-6(10)12-8(9)13-7(5)14/h3-4H,1-2H3,(H2,10,12,13). The molecule has 2 rings (SSSR count). The van der Waals surface area contributed by atoms with Crippen LogP contribution in [0.15, 0.2) is 6.33 Å². The van der Waals surface area contributed by atoms with E-state index >= 15 is 0 Å². The maximum Gasteiger partial charge on any atom is 0.226 e. The fourth-order valence-corrected chi connectivity index (χ4v) is 1.46. The van der Waals surface area contributed by atoms with Crippen molar-refractivity contribution in [1.29, 1.82) is 0 Å². The van der Waals surface area contributed by atoms with Crippen LogP contribution in [-0.4, -0.2) is 19.5 Å². The van der Waals surface area contributed by atoms with Gasteiger partial charge >= 0.3 is 0 Å². The number of aromatic nitrogens is 4. The molecule has 74 valence electrons. The van der Waals surface area contributed by atoms with Gasteiger partial charge in [0.15, 0.2) is 11.5 Å². The molecule has 14 heavy (non-hydrogen) atoms. The zero-order valence-electron chi connectivity index (χ0n) is 7.90. The van der Waals surface area contributed by atoms with Crippen molar-refractivity contribution in [2.45, 2.75) is 19.9 Å². The van der Waals surface area contributed by atoms with Crippen LogP contribution in [0.25, 0.3) is 11.2 Å². The van der Waals surface area contributed by atoms with E-state index < -0.39 is 0 Å². The van der Waals surface area contributed by atoms with Crippen molar-refractivity contribution < 1.29 is 0 Å². The van der Waals surface area contributed by atoms with Gasteiger partial charge in [-0.25, -0.2) is 4.98 Å². The van der Waals surface area contributed by atoms with Gasteiger partial charge in [0.1, 0.15) is 5.52 Å². The molecule has 0 saturated carbocycles. The van der Waals surface area contributed by atoms with Crippen LogP contribution in [0.2, 0.25) is 5.28 Å². The highest BCUT2D eigenvalue weighted by molar-refractivity contribution is 6.28. The molecule has 0 bridgehead atoms. The van der Waals surface area contributed by atoms with Gasteiger partial charge < -0.3 is 10.3 Å². The van der Waals surface area contributed by atoms with Crippen LogP contribution < -0.4 is 5.73 Å². The number of nitrogen functional groups attached to an aromatic ring is 1. The lowest BCUT2D eigenvalue weighted by Gasteiger charge is -2.06. The average Bonchev–Trinajstić information content (AvgIpc) is 2.47. The minimum atomic E-state index is 0.150. The summed E-state index contributed by atoms with van der Waals surface area (Å²) in [6.07, 6.45) is 1.69. The largest absolute Gasteiger partial charge is 0.382 e. The van der Waals surface area contributed by atoms with Crippen molar-refractivity contribution in [2.24, 2.45) is 0 Å². The topological polar surface area (TPSA) is 69.6 Å². The Labute approximate surface area is 85.9 Å². The summed E-state index contributed by atoms with van der Waals surface area (Å²) in [4.78, 5) is 12.1. The summed E-state index contributed by atoms with van der Waals surface area (Å²) >= 11 is 5.71. The van der Waals surface area contributed by atoms with Crippen LogP contribution in [0.4, 0.5) is 5.82 Å². The lowest BCUT2D eigenvalue weighted by atomic mass is 10.4. The van der Waals surface area contributed by atoms with Gasteiger partial charge in [0.2, 0.25) is 5.28 Å². The number of imidazole rings is 1. The third-order valence-electron chi connectivity index (χ3n) is 1.98. The lowest BCUT2D eigenvalue weighted by molar-refractivity contribution is 0.612. The van der Waals surface area contributed by atoms with Crippen molar-refractivity contribution in [3.8, 4) is 0 Å². The fourth-order valence-electron chi connectivity index (χ4n) is 1.29. The maximum absolute atomic E-state index is 5.71. The van der Waals surface area contributed by atoms with Crippen LogP contribution in [0, 0.1) is 0 Å². The molecule has 0 unspecified atom stereocenters. The van der Waals surface area contributed by atoms with E-state index in [1.54, 1.807) is 6.33 Å². The van der Waals surface area contributed by atoms with Gasteiger partial charge in [-0.3, -0.25) is 0 Å². The first-order chi connectivity index (χ1) is 6.59. The molecule has 0 aromatic carbocycles. The van der Waals surface area contributed by atoms with E-state index in [2.05, 4.69) is 15.0 Å². The zero-order valence-corrected chi connectivity index (χ0v) is 8.65. The number of rotatable bonds is 1. The molecule has 2 heterocycles. The minimum absolute atomic E-state index is 0.150. The second-order valence-corrected chi connectivity index (χ2v) is 3.63. The van der Waals surface area contributed by atoms with E-state index in [1.807, 2.05) is 18.4 Å². The molecule has 2 aromatic rings. The smallest absolute Gasteiger partial charge is 0.226 e. The Balaban J connectivity index is 2.78. The van der Waals surface area contributed by atoms with E-state index in [4.69, 9.17) is 17.3 Å². The molecular weight excluding hydrogens is 202 g/mol. The normalized spacial score (nSPS) is 11.4. The lowest BCUT2D eigenvalue weighted by Crippen LogP contribution is -2.01. The fraction of sp³-hybridized carbons (Fsp3) is 0.375. The van der Waals surface area contributed by atoms with Crippen molar-refractivity contribution in [3.63, 3.8) is 0 Å². The van der Waals surface area contributed by atoms with Crippen molar-refractivity contribution in [3.05, 3.63) is 11.6 Å². The van der Waals surface area contributed by atoms with Gasteiger partial charge in [-0.05, 0) is 25.4 Å². The average molecular weight is 212 g/mol. The molecule has 0 aliphatic carbocycles. The van der Waals surface area contributed by atoms with Crippen LogP contribution >= 0.6 is 11.6 Å². The van der Waals surface area contributed by atoms with Gasteiger partial charge in [-0.2, -0.15) is 9.97 Å². The van der Waals surface area contributed by atoms with Gasteiger partial charge in [0, 0.05) is 6.04 Å². The molecular formula is C8H10ClN5. The summed E-state index contributed by atoms with van der Waals surface area (Å²) in [5.41, 5.74) is 6.94. The number of nitrogens with two attached hydrogens (primary N) is 1. The van der Waals surface area contributed by atoms with Crippen LogP contribution in [0.5, 0.6) is 0 Å². The Bertz CT molecular complexity index is 476. The van der Waals surface area contributed by atoms with Crippen LogP contribution in [-0.2, 0) is 0 Å². The third kappa shape index (κ3) is 1.29. The Morgan fingerprint density at radius 3 is 2.79 bits per heavy atom. The first kappa shape index (κ1) is 9.21. The molecule has 0 radical (unpaired) electrons. The van der Waals surface area contributed by atoms with Crippen molar-refractivity contribution in [1.82, 2.24) is 19.5 Å². The second kappa shape index (κ2) is 3.09. The molecule has 2 aromatic heterocycles. The van der Waals surface area contributed by atoms with Crippen LogP contribution in [0.1, 0.15) is 19.9 Å². The molecule has 0 aliphatic heterocycles. The monoisotopic (exact) mass is 211 g/mol. The summed E-state index contributed by atoms with van der Waals surface area (Å²) in [7, 11) is 0. The first-order valence-electron chi connectivity index (χ1n) is 4.25. The number of hydrogen-bond donors (Lipinski definition) is 1. The van der Waals surface area contributed by atoms with Gasteiger partial charge in [0.05, 0.1) is 6.33 Å². The first-order valence-corrected chi connectivity index (χ1v) is 4.63. The minimum Gasteiger partial charge on any atom is -0.382 e. The van der Waals surface area contributed by atoms with E-state index in [0.29, 0.717) is 17.0 Å². The van der Waals surface area contributed by atoms with E-state index in [-0.39, 0.29) is 11.3 Å². The van der Waals surface area contributed by atoms with E-state index in [1.165, 1.54) is 0 Å². The molecule has 0 aliphatic rings. The quantitative estimate of drug-likeness (QED) is 0.728. The van der Waals surface area contributed by atoms with E-state index in [0.717, 1.165) is 0 Å². The molecule has 0 atom stereocenters. The Hall–Kier alpha value is -1.36. The summed E-state index contributed by atoms with van der Waals surface area (Å²) in [6, 6.07) is 0.269. The predicted octanol–water partition coefficient (Wildman–Crippen LogP) is 1.64. The molecule has 0 amide bonds. The number of hydrogen-bond acceptors (Lipinski definition) is 4. The summed E-state index contributed by atoms with van der Waals surface area (Å²) in [5.74, 6) is 0.319. The van der Waals surface area contributed by atoms with E-state index in [9.17, 15) is 0 Å². The molecule has 0 fully saturated rings. The summed E-state index contributed by atoms with van der Waals surface area (Å²) in [6.45, 7) is 4.07. The van der Waals surface area contributed by atoms with Gasteiger partial charge in [0.25, 0.3) is 0 Å². The molecule has 0 spiro atoms.